The first-order valence-corrected chi connectivity index (χ1v) is 6.79. The molecule has 0 aliphatic heterocycles. The number of hydrogen-bond donors (Lipinski definition) is 4. The molecule has 0 bridgehead atoms. The molecule has 5 N–H and O–H groups in total. The van der Waals surface area contributed by atoms with Crippen LogP contribution in [0.1, 0.15) is 38.2 Å². The topological polar surface area (TPSA) is 99.6 Å². The van der Waals surface area contributed by atoms with E-state index < -0.39 is 0 Å². The van der Waals surface area contributed by atoms with Gasteiger partial charge < -0.3 is 16.0 Å². The maximum Gasteiger partial charge on any atom is 0.262 e. The third-order valence-corrected chi connectivity index (χ3v) is 3.16. The van der Waals surface area contributed by atoms with Gasteiger partial charge in [0.05, 0.1) is 5.39 Å². The number of halogens is 1. The number of nitrogen functional groups attached to an aromatic ring is 1. The van der Waals surface area contributed by atoms with Crippen LogP contribution in [0.5, 0.6) is 0 Å². The van der Waals surface area contributed by atoms with Crippen LogP contribution >= 0.6 is 12.4 Å². The zero-order chi connectivity index (χ0) is 13.7. The Morgan fingerprint density at radius 3 is 2.90 bits per heavy atom. The molecule has 0 radical (unpaired) electrons. The van der Waals surface area contributed by atoms with Crippen molar-refractivity contribution >= 4 is 29.4 Å². The molecular weight excluding hydrogens is 278 g/mol. The Morgan fingerprint density at radius 2 is 2.15 bits per heavy atom. The lowest BCUT2D eigenvalue weighted by atomic mass is 10.2. The molecule has 0 aliphatic carbocycles. The van der Waals surface area contributed by atoms with E-state index in [1.54, 1.807) is 0 Å². The Hall–Kier alpha value is -1.53. The van der Waals surface area contributed by atoms with Crippen molar-refractivity contribution in [2.75, 3.05) is 12.3 Å². The van der Waals surface area contributed by atoms with E-state index in [1.807, 2.05) is 6.20 Å². The Labute approximate surface area is 124 Å². The maximum atomic E-state index is 11.8. The van der Waals surface area contributed by atoms with Crippen molar-refractivity contribution in [1.82, 2.24) is 20.3 Å². The Morgan fingerprint density at radius 1 is 1.35 bits per heavy atom. The number of hydrogen-bond acceptors (Lipinski definition) is 4. The number of unbranched alkanes of at least 4 members (excludes halogenated alkanes) is 3. The molecule has 0 saturated heterocycles. The smallest absolute Gasteiger partial charge is 0.262 e. The molecule has 0 unspecified atom stereocenters. The predicted octanol–water partition coefficient (Wildman–Crippen LogP) is 1.93. The van der Waals surface area contributed by atoms with Gasteiger partial charge in [-0.25, -0.2) is 0 Å². The molecule has 2 aromatic rings. The molecule has 2 aromatic heterocycles. The third kappa shape index (κ3) is 3.98. The molecule has 7 heteroatoms. The number of aromatic nitrogens is 3. The summed E-state index contributed by atoms with van der Waals surface area (Å²) in [7, 11) is 0. The van der Waals surface area contributed by atoms with Crippen LogP contribution in [0.25, 0.3) is 11.0 Å². The molecule has 6 nitrogen and oxygen atoms in total. The largest absolute Gasteiger partial charge is 0.369 e. The first-order valence-electron chi connectivity index (χ1n) is 6.79. The molecule has 0 spiro atoms. The Bertz CT molecular complexity index is 592. The average molecular weight is 300 g/mol. The van der Waals surface area contributed by atoms with Crippen molar-refractivity contribution in [1.29, 1.82) is 0 Å². The summed E-state index contributed by atoms with van der Waals surface area (Å²) in [6.45, 7) is 3.83. The molecule has 0 atom stereocenters. The lowest BCUT2D eigenvalue weighted by molar-refractivity contribution is 0.599. The van der Waals surface area contributed by atoms with E-state index in [4.69, 9.17) is 5.73 Å². The van der Waals surface area contributed by atoms with Crippen LogP contribution in [0, 0.1) is 0 Å². The fraction of sp³-hybridized carbons (Fsp3) is 0.538. The number of rotatable bonds is 7. The molecular formula is C13H22ClN5O. The van der Waals surface area contributed by atoms with Gasteiger partial charge in [0.1, 0.15) is 5.65 Å². The van der Waals surface area contributed by atoms with Gasteiger partial charge in [-0.2, -0.15) is 4.98 Å². The minimum absolute atomic E-state index is 0. The number of fused-ring (bicyclic) bond motifs is 1. The molecule has 2 rings (SSSR count). The lowest BCUT2D eigenvalue weighted by Crippen LogP contribution is -2.17. The van der Waals surface area contributed by atoms with Gasteiger partial charge in [-0.15, -0.1) is 12.4 Å². The SMILES string of the molecule is CCCCCCNCc1c[nH]c2nc(N)[nH]c(=O)c12.Cl. The summed E-state index contributed by atoms with van der Waals surface area (Å²) in [6.07, 6.45) is 6.74. The highest BCUT2D eigenvalue weighted by molar-refractivity contribution is 5.85. The number of aromatic amines is 2. The van der Waals surface area contributed by atoms with Crippen molar-refractivity contribution in [3.8, 4) is 0 Å². The third-order valence-electron chi connectivity index (χ3n) is 3.16. The van der Waals surface area contributed by atoms with Gasteiger partial charge in [0.2, 0.25) is 5.95 Å². The normalized spacial score (nSPS) is 10.7. The summed E-state index contributed by atoms with van der Waals surface area (Å²) in [5.74, 6) is 0.137. The molecule has 0 saturated carbocycles. The summed E-state index contributed by atoms with van der Waals surface area (Å²) in [5.41, 5.74) is 6.79. The Kier molecular flexibility index (Phi) is 6.54. The van der Waals surface area contributed by atoms with Gasteiger partial charge in [0.25, 0.3) is 5.56 Å². The zero-order valence-electron chi connectivity index (χ0n) is 11.7. The molecule has 0 amide bonds. The van der Waals surface area contributed by atoms with Crippen molar-refractivity contribution in [2.45, 2.75) is 39.2 Å². The number of H-pyrrole nitrogens is 2. The molecule has 112 valence electrons. The van der Waals surface area contributed by atoms with E-state index in [-0.39, 0.29) is 23.9 Å². The fourth-order valence-corrected chi connectivity index (χ4v) is 2.16. The number of anilines is 1. The predicted molar refractivity (Wildman–Crippen MR) is 84.2 cm³/mol. The second kappa shape index (κ2) is 7.91. The monoisotopic (exact) mass is 299 g/mol. The van der Waals surface area contributed by atoms with E-state index in [0.29, 0.717) is 17.6 Å². The second-order valence-electron chi connectivity index (χ2n) is 4.73. The van der Waals surface area contributed by atoms with Crippen LogP contribution in [0.3, 0.4) is 0 Å². The minimum Gasteiger partial charge on any atom is -0.369 e. The van der Waals surface area contributed by atoms with E-state index in [1.165, 1.54) is 19.3 Å². The second-order valence-corrected chi connectivity index (χ2v) is 4.73. The average Bonchev–Trinajstić information content (AvgIpc) is 2.77. The summed E-state index contributed by atoms with van der Waals surface area (Å²) in [6, 6.07) is 0. The van der Waals surface area contributed by atoms with Gasteiger partial charge >= 0.3 is 0 Å². The van der Waals surface area contributed by atoms with Gasteiger partial charge in [-0.3, -0.25) is 9.78 Å². The van der Waals surface area contributed by atoms with Crippen molar-refractivity contribution < 1.29 is 0 Å². The summed E-state index contributed by atoms with van der Waals surface area (Å²) in [4.78, 5) is 21.4. The number of nitrogens with one attached hydrogen (secondary N) is 3. The summed E-state index contributed by atoms with van der Waals surface area (Å²) in [5, 5.41) is 3.94. The van der Waals surface area contributed by atoms with Crippen LogP contribution in [-0.2, 0) is 6.54 Å². The first-order chi connectivity index (χ1) is 9.22. The highest BCUT2D eigenvalue weighted by Gasteiger charge is 2.09. The molecule has 0 fully saturated rings. The van der Waals surface area contributed by atoms with Crippen LogP contribution < -0.4 is 16.6 Å². The standard InChI is InChI=1S/C13H21N5O.ClH/c1-2-3-4-5-6-15-7-9-8-16-11-10(9)12(19)18-13(14)17-11;/h8,15H,2-7H2,1H3,(H4,14,16,17,18,19);1H. The van der Waals surface area contributed by atoms with Gasteiger partial charge in [-0.1, -0.05) is 26.2 Å². The van der Waals surface area contributed by atoms with E-state index in [2.05, 4.69) is 27.2 Å². The summed E-state index contributed by atoms with van der Waals surface area (Å²) < 4.78 is 0. The fourth-order valence-electron chi connectivity index (χ4n) is 2.16. The first kappa shape index (κ1) is 16.5. The zero-order valence-corrected chi connectivity index (χ0v) is 12.5. The number of nitrogens with zero attached hydrogens (tertiary/aromatic N) is 1. The van der Waals surface area contributed by atoms with Gasteiger partial charge in [0.15, 0.2) is 0 Å². The molecule has 0 aliphatic rings. The number of nitrogens with two attached hydrogens (primary N) is 1. The molecule has 0 aromatic carbocycles. The van der Waals surface area contributed by atoms with Crippen LogP contribution in [0.2, 0.25) is 0 Å². The summed E-state index contributed by atoms with van der Waals surface area (Å²) >= 11 is 0. The van der Waals surface area contributed by atoms with Crippen molar-refractivity contribution in [3.63, 3.8) is 0 Å². The quantitative estimate of drug-likeness (QED) is 0.587. The maximum absolute atomic E-state index is 11.8. The van der Waals surface area contributed by atoms with Gasteiger partial charge in [0, 0.05) is 12.7 Å². The van der Waals surface area contributed by atoms with Crippen LogP contribution in [0.15, 0.2) is 11.0 Å². The van der Waals surface area contributed by atoms with Crippen molar-refractivity contribution in [2.24, 2.45) is 0 Å². The van der Waals surface area contributed by atoms with E-state index in [0.717, 1.165) is 18.5 Å². The van der Waals surface area contributed by atoms with Crippen LogP contribution in [-0.4, -0.2) is 21.5 Å². The lowest BCUT2D eigenvalue weighted by Gasteiger charge is -2.03. The minimum atomic E-state index is -0.188. The Balaban J connectivity index is 0.00000200. The van der Waals surface area contributed by atoms with Crippen molar-refractivity contribution in [3.05, 3.63) is 22.1 Å². The highest BCUT2D eigenvalue weighted by Crippen LogP contribution is 2.12. The van der Waals surface area contributed by atoms with E-state index in [9.17, 15) is 4.79 Å². The van der Waals surface area contributed by atoms with Gasteiger partial charge in [-0.05, 0) is 18.5 Å². The molecule has 20 heavy (non-hydrogen) atoms. The molecule has 2 heterocycles. The highest BCUT2D eigenvalue weighted by atomic mass is 35.5. The van der Waals surface area contributed by atoms with Crippen LogP contribution in [0.4, 0.5) is 5.95 Å². The van der Waals surface area contributed by atoms with E-state index >= 15 is 0 Å².